The zero-order valence-electron chi connectivity index (χ0n) is 8.99. The highest BCUT2D eigenvalue weighted by Gasteiger charge is 2.16. The van der Waals surface area contributed by atoms with Crippen molar-refractivity contribution < 1.29 is 24.2 Å². The fourth-order valence-electron chi connectivity index (χ4n) is 0.699. The van der Waals surface area contributed by atoms with Gasteiger partial charge in [-0.1, -0.05) is 0 Å². The number of ether oxygens (including phenoxy) is 1. The first-order chi connectivity index (χ1) is 6.72. The summed E-state index contributed by atoms with van der Waals surface area (Å²) >= 11 is 0. The molecule has 0 aliphatic heterocycles. The average molecular weight is 217 g/mol. The molecule has 15 heavy (non-hydrogen) atoms. The van der Waals surface area contributed by atoms with Crippen LogP contribution in [0.2, 0.25) is 0 Å². The smallest absolute Gasteiger partial charge is 0.407 e. The predicted octanol–water partition coefficient (Wildman–Crippen LogP) is 0.555. The summed E-state index contributed by atoms with van der Waals surface area (Å²) in [5.41, 5.74) is -0.610. The number of rotatable bonds is 4. The lowest BCUT2D eigenvalue weighted by molar-refractivity contribution is -0.149. The monoisotopic (exact) mass is 217 g/mol. The predicted molar refractivity (Wildman–Crippen MR) is 51.5 cm³/mol. The molecule has 86 valence electrons. The molecule has 0 heterocycles. The first-order valence-corrected chi connectivity index (χ1v) is 4.45. The zero-order chi connectivity index (χ0) is 12.1. The van der Waals surface area contributed by atoms with Gasteiger partial charge in [0.25, 0.3) is 0 Å². The van der Waals surface area contributed by atoms with Crippen LogP contribution in [0.4, 0.5) is 4.79 Å². The molecule has 0 saturated heterocycles. The van der Waals surface area contributed by atoms with E-state index in [2.05, 4.69) is 5.32 Å². The SMILES string of the molecule is CC(C)(C)OC(=O)NCCC(=O)C(=O)O. The Morgan fingerprint density at radius 3 is 2.20 bits per heavy atom. The summed E-state index contributed by atoms with van der Waals surface area (Å²) in [6.07, 6.45) is -0.908. The standard InChI is InChI=1S/C9H15NO5/c1-9(2,3)15-8(14)10-5-4-6(11)7(12)13/h4-5H2,1-3H3,(H,10,14)(H,12,13). The minimum atomic E-state index is -1.50. The lowest BCUT2D eigenvalue weighted by Crippen LogP contribution is -2.34. The molecular formula is C9H15NO5. The van der Waals surface area contributed by atoms with E-state index in [1.165, 1.54) is 0 Å². The van der Waals surface area contributed by atoms with Crippen LogP contribution in [-0.2, 0) is 14.3 Å². The molecule has 6 nitrogen and oxygen atoms in total. The molecule has 1 amide bonds. The fraction of sp³-hybridized carbons (Fsp3) is 0.667. The maximum atomic E-state index is 11.0. The van der Waals surface area contributed by atoms with E-state index in [0.29, 0.717) is 0 Å². The Morgan fingerprint density at radius 1 is 1.27 bits per heavy atom. The van der Waals surface area contributed by atoms with Crippen molar-refractivity contribution in [2.24, 2.45) is 0 Å². The molecule has 0 aromatic rings. The number of hydrogen-bond donors (Lipinski definition) is 2. The van der Waals surface area contributed by atoms with Crippen LogP contribution in [0.3, 0.4) is 0 Å². The van der Waals surface area contributed by atoms with Crippen LogP contribution < -0.4 is 5.32 Å². The van der Waals surface area contributed by atoms with Gasteiger partial charge >= 0.3 is 12.1 Å². The molecule has 0 aliphatic rings. The van der Waals surface area contributed by atoms with Gasteiger partial charge in [-0.15, -0.1) is 0 Å². The number of carboxylic acids is 1. The topological polar surface area (TPSA) is 92.7 Å². The molecular weight excluding hydrogens is 202 g/mol. The summed E-state index contributed by atoms with van der Waals surface area (Å²) in [7, 11) is 0. The van der Waals surface area contributed by atoms with Crippen molar-refractivity contribution >= 4 is 17.8 Å². The number of alkyl carbamates (subject to hydrolysis) is 1. The first kappa shape index (κ1) is 13.4. The summed E-state index contributed by atoms with van der Waals surface area (Å²) < 4.78 is 4.87. The van der Waals surface area contributed by atoms with Gasteiger partial charge in [0.2, 0.25) is 5.78 Å². The Balaban J connectivity index is 3.74. The number of ketones is 1. The Labute approximate surface area is 87.6 Å². The molecule has 0 aromatic carbocycles. The van der Waals surface area contributed by atoms with Gasteiger partial charge in [0.15, 0.2) is 0 Å². The molecule has 6 heteroatoms. The number of carbonyl (C=O) groups excluding carboxylic acids is 2. The van der Waals surface area contributed by atoms with E-state index in [1.807, 2.05) is 0 Å². The van der Waals surface area contributed by atoms with E-state index in [1.54, 1.807) is 20.8 Å². The van der Waals surface area contributed by atoms with Gasteiger partial charge in [0.05, 0.1) is 0 Å². The Kier molecular flexibility index (Phi) is 4.77. The third kappa shape index (κ3) is 7.48. The molecule has 0 unspecified atom stereocenters. The van der Waals surface area contributed by atoms with Crippen LogP contribution in [0.25, 0.3) is 0 Å². The number of amides is 1. The zero-order valence-corrected chi connectivity index (χ0v) is 8.99. The number of hydrogen-bond acceptors (Lipinski definition) is 4. The van der Waals surface area contributed by atoms with Crippen molar-refractivity contribution in [1.29, 1.82) is 0 Å². The van der Waals surface area contributed by atoms with Gasteiger partial charge in [-0.2, -0.15) is 0 Å². The molecule has 0 aliphatic carbocycles. The molecule has 0 saturated carbocycles. The Bertz CT molecular complexity index is 266. The fourth-order valence-corrected chi connectivity index (χ4v) is 0.699. The summed E-state index contributed by atoms with van der Waals surface area (Å²) in [5, 5.41) is 10.5. The number of Topliss-reactive ketones (excluding diaryl/α,β-unsaturated/α-hetero) is 1. The minimum Gasteiger partial charge on any atom is -0.476 e. The Hall–Kier alpha value is -1.59. The summed E-state index contributed by atoms with van der Waals surface area (Å²) in [4.78, 5) is 31.7. The molecule has 0 atom stereocenters. The summed E-state index contributed by atoms with van der Waals surface area (Å²) in [5.74, 6) is -2.44. The maximum absolute atomic E-state index is 11.0. The van der Waals surface area contributed by atoms with Gasteiger partial charge in [-0.05, 0) is 20.8 Å². The van der Waals surface area contributed by atoms with Gasteiger partial charge in [0.1, 0.15) is 5.60 Å². The van der Waals surface area contributed by atoms with Gasteiger partial charge < -0.3 is 15.2 Å². The van der Waals surface area contributed by atoms with E-state index in [0.717, 1.165) is 0 Å². The van der Waals surface area contributed by atoms with Crippen LogP contribution in [0.5, 0.6) is 0 Å². The lowest BCUT2D eigenvalue weighted by atomic mass is 10.2. The highest BCUT2D eigenvalue weighted by Crippen LogP contribution is 2.06. The molecule has 2 N–H and O–H groups in total. The third-order valence-corrected chi connectivity index (χ3v) is 1.26. The van der Waals surface area contributed by atoms with Gasteiger partial charge in [-0.3, -0.25) is 4.79 Å². The average Bonchev–Trinajstić information content (AvgIpc) is 2.00. The van der Waals surface area contributed by atoms with Crippen molar-refractivity contribution in [3.8, 4) is 0 Å². The van der Waals surface area contributed by atoms with E-state index < -0.39 is 23.4 Å². The van der Waals surface area contributed by atoms with Crippen molar-refractivity contribution in [1.82, 2.24) is 5.32 Å². The van der Waals surface area contributed by atoms with E-state index >= 15 is 0 Å². The molecule has 0 radical (unpaired) electrons. The Morgan fingerprint density at radius 2 is 1.80 bits per heavy atom. The van der Waals surface area contributed by atoms with Crippen molar-refractivity contribution in [2.45, 2.75) is 32.8 Å². The third-order valence-electron chi connectivity index (χ3n) is 1.26. The highest BCUT2D eigenvalue weighted by molar-refractivity contribution is 6.32. The first-order valence-electron chi connectivity index (χ1n) is 4.45. The van der Waals surface area contributed by atoms with E-state index in [4.69, 9.17) is 9.84 Å². The van der Waals surface area contributed by atoms with Crippen molar-refractivity contribution in [3.05, 3.63) is 0 Å². The lowest BCUT2D eigenvalue weighted by Gasteiger charge is -2.19. The van der Waals surface area contributed by atoms with E-state index in [9.17, 15) is 14.4 Å². The number of carboxylic acid groups (broad SMARTS) is 1. The quantitative estimate of drug-likeness (QED) is 0.671. The minimum absolute atomic E-state index is 0.0416. The molecule has 0 fully saturated rings. The molecule has 0 bridgehead atoms. The number of aliphatic carboxylic acids is 1. The van der Waals surface area contributed by atoms with Crippen LogP contribution in [-0.4, -0.2) is 35.1 Å². The summed E-state index contributed by atoms with van der Waals surface area (Å²) in [6, 6.07) is 0. The highest BCUT2D eigenvalue weighted by atomic mass is 16.6. The van der Waals surface area contributed by atoms with Crippen LogP contribution >= 0.6 is 0 Å². The van der Waals surface area contributed by atoms with Crippen molar-refractivity contribution in [2.75, 3.05) is 6.54 Å². The van der Waals surface area contributed by atoms with Crippen LogP contribution in [0.15, 0.2) is 0 Å². The number of nitrogens with one attached hydrogen (secondary N) is 1. The second-order valence-electron chi connectivity index (χ2n) is 3.91. The normalized spacial score (nSPS) is 10.6. The molecule has 0 aromatic heterocycles. The van der Waals surface area contributed by atoms with Crippen LogP contribution in [0, 0.1) is 0 Å². The maximum Gasteiger partial charge on any atom is 0.407 e. The largest absolute Gasteiger partial charge is 0.476 e. The van der Waals surface area contributed by atoms with Crippen LogP contribution in [0.1, 0.15) is 27.2 Å². The van der Waals surface area contributed by atoms with Gasteiger partial charge in [-0.25, -0.2) is 9.59 Å². The van der Waals surface area contributed by atoms with Gasteiger partial charge in [0, 0.05) is 13.0 Å². The van der Waals surface area contributed by atoms with Crippen molar-refractivity contribution in [3.63, 3.8) is 0 Å². The summed E-state index contributed by atoms with van der Waals surface area (Å²) in [6.45, 7) is 5.07. The molecule has 0 rings (SSSR count). The second-order valence-corrected chi connectivity index (χ2v) is 3.91. The number of carbonyl (C=O) groups is 3. The second kappa shape index (κ2) is 5.33. The van der Waals surface area contributed by atoms with E-state index in [-0.39, 0.29) is 13.0 Å². The molecule has 0 spiro atoms.